The van der Waals surface area contributed by atoms with Crippen molar-refractivity contribution in [1.82, 2.24) is 10.9 Å². The zero-order valence-corrected chi connectivity index (χ0v) is 15.7. The fourth-order valence-corrected chi connectivity index (χ4v) is 3.10. The van der Waals surface area contributed by atoms with Gasteiger partial charge in [-0.3, -0.25) is 25.2 Å². The van der Waals surface area contributed by atoms with Gasteiger partial charge in [-0.15, -0.1) is 0 Å². The van der Waals surface area contributed by atoms with Crippen LogP contribution in [0.1, 0.15) is 22.3 Å². The Morgan fingerprint density at radius 1 is 1.12 bits per heavy atom. The molecule has 1 fully saturated rings. The quantitative estimate of drug-likeness (QED) is 0.756. The highest BCUT2D eigenvalue weighted by Crippen LogP contribution is 2.26. The van der Waals surface area contributed by atoms with Crippen LogP contribution in [0, 0.1) is 12.8 Å². The van der Waals surface area contributed by atoms with E-state index < -0.39 is 11.8 Å². The summed E-state index contributed by atoms with van der Waals surface area (Å²) < 4.78 is 0.918. The van der Waals surface area contributed by atoms with Crippen LogP contribution in [0.2, 0.25) is 0 Å². The summed E-state index contributed by atoms with van der Waals surface area (Å²) in [6.07, 6.45) is 0.113. The van der Waals surface area contributed by atoms with Crippen molar-refractivity contribution >= 4 is 39.3 Å². The third kappa shape index (κ3) is 4.11. The summed E-state index contributed by atoms with van der Waals surface area (Å²) in [5.74, 6) is -1.39. The van der Waals surface area contributed by atoms with Crippen molar-refractivity contribution in [1.29, 1.82) is 0 Å². The predicted octanol–water partition coefficient (Wildman–Crippen LogP) is 2.57. The molecular formula is C19H18BrN3O3. The minimum Gasteiger partial charge on any atom is -0.312 e. The molecule has 1 aliphatic rings. The Hall–Kier alpha value is -2.67. The van der Waals surface area contributed by atoms with Gasteiger partial charge in [-0.2, -0.15) is 0 Å². The van der Waals surface area contributed by atoms with Gasteiger partial charge >= 0.3 is 0 Å². The molecule has 1 atom stereocenters. The molecule has 134 valence electrons. The summed E-state index contributed by atoms with van der Waals surface area (Å²) in [7, 11) is 0. The third-order valence-corrected chi connectivity index (χ3v) is 4.74. The number of nitrogens with zero attached hydrogens (tertiary/aromatic N) is 1. The number of hydrogen-bond donors (Lipinski definition) is 2. The van der Waals surface area contributed by atoms with Gasteiger partial charge in [-0.05, 0) is 43.3 Å². The Bertz CT molecular complexity index is 851. The van der Waals surface area contributed by atoms with Gasteiger partial charge in [0, 0.05) is 28.7 Å². The Morgan fingerprint density at radius 3 is 2.54 bits per heavy atom. The summed E-state index contributed by atoms with van der Waals surface area (Å²) in [5.41, 5.74) is 6.99. The largest absolute Gasteiger partial charge is 0.312 e. The van der Waals surface area contributed by atoms with E-state index in [4.69, 9.17) is 0 Å². The molecule has 2 N–H and O–H groups in total. The van der Waals surface area contributed by atoms with Crippen molar-refractivity contribution in [2.45, 2.75) is 13.3 Å². The molecule has 0 spiro atoms. The fourth-order valence-electron chi connectivity index (χ4n) is 2.83. The molecule has 0 radical (unpaired) electrons. The van der Waals surface area contributed by atoms with Crippen LogP contribution in [-0.2, 0) is 9.59 Å². The van der Waals surface area contributed by atoms with E-state index in [9.17, 15) is 14.4 Å². The maximum absolute atomic E-state index is 12.3. The van der Waals surface area contributed by atoms with Crippen LogP contribution in [-0.4, -0.2) is 24.3 Å². The zero-order chi connectivity index (χ0) is 18.7. The maximum atomic E-state index is 12.3. The lowest BCUT2D eigenvalue weighted by Crippen LogP contribution is -2.45. The fraction of sp³-hybridized carbons (Fsp3) is 0.211. The number of nitrogens with one attached hydrogen (secondary N) is 2. The van der Waals surface area contributed by atoms with E-state index in [-0.39, 0.29) is 24.8 Å². The summed E-state index contributed by atoms with van der Waals surface area (Å²) in [6.45, 7) is 2.17. The van der Waals surface area contributed by atoms with Gasteiger partial charge in [0.15, 0.2) is 0 Å². The van der Waals surface area contributed by atoms with E-state index >= 15 is 0 Å². The van der Waals surface area contributed by atoms with Gasteiger partial charge in [-0.25, -0.2) is 0 Å². The van der Waals surface area contributed by atoms with Crippen LogP contribution < -0.4 is 15.8 Å². The number of anilines is 1. The topological polar surface area (TPSA) is 78.5 Å². The van der Waals surface area contributed by atoms with E-state index in [1.54, 1.807) is 23.1 Å². The number of hydrazine groups is 1. The first kappa shape index (κ1) is 18.1. The monoisotopic (exact) mass is 415 g/mol. The molecule has 0 bridgehead atoms. The number of carbonyl (C=O) groups is 3. The van der Waals surface area contributed by atoms with Crippen molar-refractivity contribution in [2.75, 3.05) is 11.4 Å². The van der Waals surface area contributed by atoms with Gasteiger partial charge in [0.1, 0.15) is 0 Å². The molecule has 0 unspecified atom stereocenters. The SMILES string of the molecule is Cc1cccc(C(=O)NNC(=O)[C@H]2CC(=O)N(c3ccc(Br)cc3)C2)c1. The molecule has 1 aliphatic heterocycles. The highest BCUT2D eigenvalue weighted by molar-refractivity contribution is 9.10. The number of benzene rings is 2. The minimum atomic E-state index is -0.510. The van der Waals surface area contributed by atoms with Gasteiger partial charge in [0.25, 0.3) is 5.91 Å². The Balaban J connectivity index is 1.58. The number of carbonyl (C=O) groups excluding carboxylic acids is 3. The van der Waals surface area contributed by atoms with Crippen LogP contribution in [0.3, 0.4) is 0 Å². The molecule has 2 aromatic rings. The molecule has 3 amide bonds. The van der Waals surface area contributed by atoms with Crippen molar-refractivity contribution in [3.8, 4) is 0 Å². The Kier molecular flexibility index (Phi) is 5.37. The van der Waals surface area contributed by atoms with Gasteiger partial charge in [0.05, 0.1) is 5.92 Å². The highest BCUT2D eigenvalue weighted by atomic mass is 79.9. The number of halogens is 1. The summed E-state index contributed by atoms with van der Waals surface area (Å²) in [4.78, 5) is 38.2. The normalized spacial score (nSPS) is 16.5. The molecular weight excluding hydrogens is 398 g/mol. The molecule has 2 aromatic carbocycles. The van der Waals surface area contributed by atoms with Crippen molar-refractivity contribution in [2.24, 2.45) is 5.92 Å². The van der Waals surface area contributed by atoms with Gasteiger partial charge in [0.2, 0.25) is 11.8 Å². The van der Waals surface area contributed by atoms with E-state index in [1.165, 1.54) is 0 Å². The second kappa shape index (κ2) is 7.70. The van der Waals surface area contributed by atoms with Crippen LogP contribution in [0.4, 0.5) is 5.69 Å². The second-order valence-corrected chi connectivity index (χ2v) is 7.11. The molecule has 0 saturated carbocycles. The number of amides is 3. The maximum Gasteiger partial charge on any atom is 0.269 e. The smallest absolute Gasteiger partial charge is 0.269 e. The molecule has 1 heterocycles. The molecule has 7 heteroatoms. The zero-order valence-electron chi connectivity index (χ0n) is 14.2. The Labute approximate surface area is 159 Å². The lowest BCUT2D eigenvalue weighted by Gasteiger charge is -2.17. The molecule has 1 saturated heterocycles. The van der Waals surface area contributed by atoms with Crippen molar-refractivity contribution in [3.63, 3.8) is 0 Å². The van der Waals surface area contributed by atoms with Crippen molar-refractivity contribution in [3.05, 3.63) is 64.1 Å². The second-order valence-electron chi connectivity index (χ2n) is 6.19. The first-order chi connectivity index (χ1) is 12.4. The third-order valence-electron chi connectivity index (χ3n) is 4.21. The van der Waals surface area contributed by atoms with Crippen molar-refractivity contribution < 1.29 is 14.4 Å². The average molecular weight is 416 g/mol. The predicted molar refractivity (Wildman–Crippen MR) is 101 cm³/mol. The summed E-state index contributed by atoms with van der Waals surface area (Å²) in [5, 5.41) is 0. The lowest BCUT2D eigenvalue weighted by molar-refractivity contribution is -0.126. The molecule has 26 heavy (non-hydrogen) atoms. The van der Waals surface area contributed by atoms with Gasteiger partial charge < -0.3 is 4.90 Å². The van der Waals surface area contributed by atoms with Crippen LogP contribution in [0.5, 0.6) is 0 Å². The standard InChI is InChI=1S/C19H18BrN3O3/c1-12-3-2-4-13(9-12)18(25)21-22-19(26)14-10-17(24)23(11-14)16-7-5-15(20)6-8-16/h2-9,14H,10-11H2,1H3,(H,21,25)(H,22,26)/t14-/m0/s1. The summed E-state index contributed by atoms with van der Waals surface area (Å²) >= 11 is 3.35. The number of rotatable bonds is 3. The molecule has 0 aromatic heterocycles. The van der Waals surface area contributed by atoms with Crippen LogP contribution in [0.25, 0.3) is 0 Å². The van der Waals surface area contributed by atoms with E-state index in [0.29, 0.717) is 5.56 Å². The molecule has 0 aliphatic carbocycles. The van der Waals surface area contributed by atoms with Crippen LogP contribution >= 0.6 is 15.9 Å². The molecule has 6 nitrogen and oxygen atoms in total. The van der Waals surface area contributed by atoms with E-state index in [2.05, 4.69) is 26.8 Å². The first-order valence-electron chi connectivity index (χ1n) is 8.17. The molecule has 3 rings (SSSR count). The lowest BCUT2D eigenvalue weighted by atomic mass is 10.1. The minimum absolute atomic E-state index is 0.113. The number of hydrogen-bond acceptors (Lipinski definition) is 3. The Morgan fingerprint density at radius 2 is 1.85 bits per heavy atom. The number of aryl methyl sites for hydroxylation is 1. The van der Waals surface area contributed by atoms with E-state index in [1.807, 2.05) is 37.3 Å². The highest BCUT2D eigenvalue weighted by Gasteiger charge is 2.35. The van der Waals surface area contributed by atoms with Crippen LogP contribution in [0.15, 0.2) is 53.0 Å². The summed E-state index contributed by atoms with van der Waals surface area (Å²) in [6, 6.07) is 14.4. The van der Waals surface area contributed by atoms with Gasteiger partial charge in [-0.1, -0.05) is 33.6 Å². The first-order valence-corrected chi connectivity index (χ1v) is 8.96. The average Bonchev–Trinajstić information content (AvgIpc) is 3.02. The van der Waals surface area contributed by atoms with E-state index in [0.717, 1.165) is 15.7 Å².